The molecule has 0 saturated carbocycles. The van der Waals surface area contributed by atoms with E-state index < -0.39 is 14.5 Å². The predicted molar refractivity (Wildman–Crippen MR) is 171 cm³/mol. The van der Waals surface area contributed by atoms with E-state index >= 15 is 4.11 Å². The van der Waals surface area contributed by atoms with Crippen LogP contribution in [0.2, 0.25) is 18.6 Å². The molecule has 2 fully saturated rings. The van der Waals surface area contributed by atoms with Crippen molar-refractivity contribution in [2.24, 2.45) is 5.92 Å². The van der Waals surface area contributed by atoms with Crippen molar-refractivity contribution in [2.75, 3.05) is 18.1 Å². The molecule has 0 spiro atoms. The Bertz CT molecular complexity index is 1530. The van der Waals surface area contributed by atoms with Gasteiger partial charge in [-0.2, -0.15) is 0 Å². The zero-order chi connectivity index (χ0) is 31.0. The van der Waals surface area contributed by atoms with Gasteiger partial charge in [-0.05, 0) is 86.7 Å². The van der Waals surface area contributed by atoms with Crippen molar-refractivity contribution in [1.29, 1.82) is 0 Å². The van der Waals surface area contributed by atoms with Crippen molar-refractivity contribution in [2.45, 2.75) is 75.9 Å². The molecule has 6 rings (SSSR count). The van der Waals surface area contributed by atoms with Gasteiger partial charge in [0.1, 0.15) is 5.75 Å². The number of carbonyl (C=O) groups excluding carboxylic acids is 2. The van der Waals surface area contributed by atoms with Crippen LogP contribution in [0.5, 0.6) is 11.5 Å². The van der Waals surface area contributed by atoms with E-state index in [1.54, 1.807) is 35.0 Å². The first-order valence-corrected chi connectivity index (χ1v) is 18.6. The molecule has 2 amide bonds. The maximum Gasteiger partial charge on any atom is 0.266 e. The van der Waals surface area contributed by atoms with E-state index in [0.29, 0.717) is 42.1 Å². The number of ether oxygens (including phenoxy) is 2. The summed E-state index contributed by atoms with van der Waals surface area (Å²) in [5.74, 6) is 0.885. The van der Waals surface area contributed by atoms with Crippen molar-refractivity contribution in [3.63, 3.8) is 0 Å². The molecule has 5 atom stereocenters. The molecule has 3 aromatic rings. The molecule has 0 aliphatic carbocycles. The second-order valence-corrected chi connectivity index (χ2v) is 16.6. The molecule has 44 heavy (non-hydrogen) atoms. The molecular formula is C35H41FN2O5Si. The number of halogens is 1. The summed E-state index contributed by atoms with van der Waals surface area (Å²) in [7, 11) is -3.14. The third-order valence-electron chi connectivity index (χ3n) is 9.51. The summed E-state index contributed by atoms with van der Waals surface area (Å²) in [5.41, 5.74) is 2.65. The van der Waals surface area contributed by atoms with Gasteiger partial charge in [0.15, 0.2) is 5.75 Å². The van der Waals surface area contributed by atoms with E-state index in [-0.39, 0.29) is 48.4 Å². The first kappa shape index (κ1) is 30.5. The van der Waals surface area contributed by atoms with Crippen LogP contribution in [0.3, 0.4) is 0 Å². The highest BCUT2D eigenvalue weighted by molar-refractivity contribution is 6.72. The van der Waals surface area contributed by atoms with E-state index in [2.05, 4.69) is 6.92 Å². The third kappa shape index (κ3) is 5.92. The highest BCUT2D eigenvalue weighted by Gasteiger charge is 2.52. The molecule has 7 nitrogen and oxygen atoms in total. The van der Waals surface area contributed by atoms with E-state index in [4.69, 9.17) is 9.47 Å². The maximum absolute atomic E-state index is 15.7. The fraction of sp³-hybridized carbons (Fsp3) is 0.429. The lowest BCUT2D eigenvalue weighted by atomic mass is 9.95. The zero-order valence-electron chi connectivity index (χ0n) is 25.6. The minimum absolute atomic E-state index is 0.0254. The van der Waals surface area contributed by atoms with Crippen LogP contribution in [0.1, 0.15) is 48.5 Å². The SMILES string of the molecule is C[C@@H]1[C@@H]([Si](C)(C)F)[C@H](CC(=O)N2CCC[C@H]2CO)O[C@@H]1CCc1cccc(N2C(=O)c3ccccc3Oc3ccccc32)c1. The first-order valence-electron chi connectivity index (χ1n) is 15.7. The lowest BCUT2D eigenvalue weighted by Crippen LogP contribution is -2.42. The molecule has 2 saturated heterocycles. The van der Waals surface area contributed by atoms with Crippen molar-refractivity contribution in [3.8, 4) is 11.5 Å². The molecule has 0 radical (unpaired) electrons. The predicted octanol–water partition coefficient (Wildman–Crippen LogP) is 7.03. The molecule has 3 heterocycles. The lowest BCUT2D eigenvalue weighted by molar-refractivity contribution is -0.135. The normalized spacial score (nSPS) is 24.9. The lowest BCUT2D eigenvalue weighted by Gasteiger charge is -2.30. The van der Waals surface area contributed by atoms with Gasteiger partial charge in [-0.1, -0.05) is 43.3 Å². The van der Waals surface area contributed by atoms with Gasteiger partial charge < -0.3 is 23.6 Å². The number of rotatable bonds is 8. The second kappa shape index (κ2) is 12.5. The average Bonchev–Trinajstić information content (AvgIpc) is 3.58. The number of aliphatic hydroxyl groups is 1. The maximum atomic E-state index is 15.7. The van der Waals surface area contributed by atoms with Crippen molar-refractivity contribution < 1.29 is 28.3 Å². The molecule has 3 aliphatic heterocycles. The monoisotopic (exact) mass is 616 g/mol. The van der Waals surface area contributed by atoms with E-state index in [9.17, 15) is 14.7 Å². The number of fused-ring (bicyclic) bond motifs is 2. The Balaban J connectivity index is 1.20. The number of para-hydroxylation sites is 3. The summed E-state index contributed by atoms with van der Waals surface area (Å²) < 4.78 is 28.4. The fourth-order valence-corrected chi connectivity index (χ4v) is 9.99. The summed E-state index contributed by atoms with van der Waals surface area (Å²) in [4.78, 5) is 30.5. The van der Waals surface area contributed by atoms with E-state index in [1.165, 1.54) is 0 Å². The summed E-state index contributed by atoms with van der Waals surface area (Å²) in [6.45, 7) is 6.07. The Labute approximate surface area is 259 Å². The molecule has 3 aromatic carbocycles. The molecule has 232 valence electrons. The van der Waals surface area contributed by atoms with Crippen LogP contribution in [0.15, 0.2) is 72.8 Å². The summed E-state index contributed by atoms with van der Waals surface area (Å²) in [6.07, 6.45) is 2.53. The Morgan fingerprint density at radius 3 is 2.55 bits per heavy atom. The Morgan fingerprint density at radius 1 is 1.02 bits per heavy atom. The van der Waals surface area contributed by atoms with Gasteiger partial charge >= 0.3 is 0 Å². The molecule has 9 heteroatoms. The number of aliphatic hydroxyl groups excluding tert-OH is 1. The Kier molecular flexibility index (Phi) is 8.63. The first-order chi connectivity index (χ1) is 21.2. The average molecular weight is 617 g/mol. The largest absolute Gasteiger partial charge is 0.454 e. The number of carbonyl (C=O) groups is 2. The molecule has 0 unspecified atom stereocenters. The van der Waals surface area contributed by atoms with Crippen LogP contribution in [-0.4, -0.2) is 61.6 Å². The highest BCUT2D eigenvalue weighted by atomic mass is 28.4. The van der Waals surface area contributed by atoms with Crippen molar-refractivity contribution >= 4 is 31.6 Å². The van der Waals surface area contributed by atoms with Gasteiger partial charge in [0, 0.05) is 17.8 Å². The summed E-state index contributed by atoms with van der Waals surface area (Å²) in [5, 5.41) is 9.71. The second-order valence-electron chi connectivity index (χ2n) is 12.8. The molecular weight excluding hydrogens is 575 g/mol. The van der Waals surface area contributed by atoms with Crippen LogP contribution >= 0.6 is 0 Å². The number of benzene rings is 3. The third-order valence-corrected chi connectivity index (χ3v) is 12.0. The number of nitrogens with zero attached hydrogens (tertiary/aromatic N) is 2. The standard InChI is InChI=1S/C35H41FN2O5Si/c1-23-29(42-32(34(23)44(2,3)36)21-33(40)37-19-9-12-26(37)22-39)18-17-24-10-8-11-25(20-24)38-28-14-5-7-16-31(28)43-30-15-6-4-13-27(30)35(38)41/h4-8,10-11,13-16,20,23,26,29,32,34,39H,9,12,17-19,21-22H2,1-3H3/t23-,26-,29+,32-,34+/m0/s1. The van der Waals surface area contributed by atoms with Crippen molar-refractivity contribution in [1.82, 2.24) is 4.90 Å². The van der Waals surface area contributed by atoms with Crippen LogP contribution in [0.25, 0.3) is 0 Å². The number of amides is 2. The van der Waals surface area contributed by atoms with E-state index in [1.807, 2.05) is 60.7 Å². The van der Waals surface area contributed by atoms with Crippen LogP contribution < -0.4 is 9.64 Å². The van der Waals surface area contributed by atoms with Gasteiger partial charge in [0.05, 0.1) is 42.5 Å². The van der Waals surface area contributed by atoms with Crippen LogP contribution in [-0.2, 0) is 16.0 Å². The Morgan fingerprint density at radius 2 is 1.77 bits per heavy atom. The quantitative estimate of drug-likeness (QED) is 0.217. The van der Waals surface area contributed by atoms with Gasteiger partial charge in [0.25, 0.3) is 5.91 Å². The number of anilines is 2. The summed E-state index contributed by atoms with van der Waals surface area (Å²) in [6, 6.07) is 22.6. The highest BCUT2D eigenvalue weighted by Crippen LogP contribution is 2.47. The van der Waals surface area contributed by atoms with Gasteiger partial charge in [0.2, 0.25) is 14.3 Å². The number of hydrogen-bond donors (Lipinski definition) is 1. The van der Waals surface area contributed by atoms with Crippen LogP contribution in [0, 0.1) is 5.92 Å². The van der Waals surface area contributed by atoms with Gasteiger partial charge in [-0.3, -0.25) is 14.5 Å². The smallest absolute Gasteiger partial charge is 0.266 e. The molecule has 0 aromatic heterocycles. The minimum atomic E-state index is -3.14. The van der Waals surface area contributed by atoms with E-state index in [0.717, 1.165) is 24.1 Å². The minimum Gasteiger partial charge on any atom is -0.454 e. The fourth-order valence-electron chi connectivity index (χ4n) is 7.44. The zero-order valence-corrected chi connectivity index (χ0v) is 26.6. The number of hydrogen-bond acceptors (Lipinski definition) is 5. The van der Waals surface area contributed by atoms with Gasteiger partial charge in [-0.15, -0.1) is 0 Å². The van der Waals surface area contributed by atoms with Gasteiger partial charge in [-0.25, -0.2) is 0 Å². The number of aryl methyl sites for hydroxylation is 1. The summed E-state index contributed by atoms with van der Waals surface area (Å²) >= 11 is 0. The number of likely N-dealkylation sites (tertiary alicyclic amines) is 1. The molecule has 1 N–H and O–H groups in total. The molecule has 3 aliphatic rings. The topological polar surface area (TPSA) is 79.3 Å². The van der Waals surface area contributed by atoms with Crippen LogP contribution in [0.4, 0.5) is 15.5 Å². The van der Waals surface area contributed by atoms with Crippen molar-refractivity contribution in [3.05, 3.63) is 83.9 Å². The molecule has 0 bridgehead atoms. The Hall–Kier alpha value is -3.53.